The third-order valence-corrected chi connectivity index (χ3v) is 2.06. The van der Waals surface area contributed by atoms with Gasteiger partial charge in [0, 0.05) is 11.9 Å². The van der Waals surface area contributed by atoms with Crippen molar-refractivity contribution in [3.63, 3.8) is 0 Å². The van der Waals surface area contributed by atoms with Gasteiger partial charge in [-0.15, -0.1) is 0 Å². The topological polar surface area (TPSA) is 61.9 Å². The maximum atomic E-state index is 11.3. The van der Waals surface area contributed by atoms with Crippen LogP contribution >= 0.6 is 11.5 Å². The molecule has 5 heteroatoms. The molecule has 1 N–H and O–H groups in total. The number of hydrogen-bond donors (Lipinski definition) is 1. The van der Waals surface area contributed by atoms with E-state index in [1.54, 1.807) is 0 Å². The summed E-state index contributed by atoms with van der Waals surface area (Å²) in [7, 11) is 0. The summed E-state index contributed by atoms with van der Waals surface area (Å²) >= 11 is 1.01. The van der Waals surface area contributed by atoms with Gasteiger partial charge in [0.1, 0.15) is 5.56 Å². The Balaban J connectivity index is 2.54. The molecule has 71 valence electrons. The van der Waals surface area contributed by atoms with Gasteiger partial charge in [-0.1, -0.05) is 13.8 Å². The molecule has 1 aromatic heterocycles. The smallest absolute Gasteiger partial charge is 0.293 e. The lowest BCUT2D eigenvalue weighted by atomic mass is 10.2. The van der Waals surface area contributed by atoms with E-state index in [4.69, 9.17) is 0 Å². The monoisotopic (exact) mass is 199 g/mol. The van der Waals surface area contributed by atoms with Crippen LogP contribution in [0.2, 0.25) is 0 Å². The number of aromatic nitrogens is 1. The Labute approximate surface area is 80.8 Å². The Morgan fingerprint density at radius 2 is 2.38 bits per heavy atom. The van der Waals surface area contributed by atoms with E-state index in [-0.39, 0.29) is 11.5 Å². The highest BCUT2D eigenvalue weighted by atomic mass is 32.1. The Morgan fingerprint density at radius 3 is 2.85 bits per heavy atom. The molecule has 0 aliphatic carbocycles. The van der Waals surface area contributed by atoms with Crippen molar-refractivity contribution in [2.24, 2.45) is 5.92 Å². The van der Waals surface area contributed by atoms with Crippen molar-refractivity contribution in [2.45, 2.75) is 13.8 Å². The van der Waals surface area contributed by atoms with E-state index in [0.29, 0.717) is 12.5 Å². The first-order chi connectivity index (χ1) is 6.11. The Hall–Kier alpha value is -1.10. The van der Waals surface area contributed by atoms with Gasteiger partial charge in [-0.05, 0) is 17.5 Å². The van der Waals surface area contributed by atoms with Crippen LogP contribution in [0.25, 0.3) is 0 Å². The van der Waals surface area contributed by atoms with Gasteiger partial charge in [-0.25, -0.2) is 0 Å². The van der Waals surface area contributed by atoms with Crippen LogP contribution in [0.3, 0.4) is 0 Å². The van der Waals surface area contributed by atoms with E-state index in [9.17, 15) is 9.90 Å². The molecule has 1 rings (SSSR count). The van der Waals surface area contributed by atoms with Crippen LogP contribution in [0.15, 0.2) is 5.38 Å². The predicted octanol–water partition coefficient (Wildman–Crippen LogP) is 1.67. The lowest BCUT2D eigenvalue weighted by molar-refractivity contribution is 0.0944. The molecule has 0 fully saturated rings. The minimum absolute atomic E-state index is 0.144. The number of carbonyl (C=O) groups excluding carboxylic acids is 1. The first kappa shape index (κ1) is 9.98. The Kier molecular flexibility index (Phi) is 3.25. The number of rotatable bonds is 3. The molecule has 0 unspecified atom stereocenters. The normalized spacial score (nSPS) is 10.4. The van der Waals surface area contributed by atoms with Crippen LogP contribution in [-0.4, -0.2) is 16.8 Å². The molecule has 4 nitrogen and oxygen atoms in total. The van der Waals surface area contributed by atoms with Crippen molar-refractivity contribution in [1.29, 1.82) is 0 Å². The molecule has 13 heavy (non-hydrogen) atoms. The molecule has 0 spiro atoms. The SMILES string of the molecule is CC(C)CNC(=O)c1csnc1[O]. The average Bonchev–Trinajstić information content (AvgIpc) is 2.47. The lowest BCUT2D eigenvalue weighted by Crippen LogP contribution is -2.26. The minimum Gasteiger partial charge on any atom is -0.352 e. The highest BCUT2D eigenvalue weighted by Crippen LogP contribution is 2.17. The lowest BCUT2D eigenvalue weighted by Gasteiger charge is -2.05. The average molecular weight is 199 g/mol. The highest BCUT2D eigenvalue weighted by Gasteiger charge is 2.14. The minimum atomic E-state index is -0.439. The first-order valence-corrected chi connectivity index (χ1v) is 4.84. The molecule has 1 radical (unpaired) electrons. The molecule has 0 aromatic carbocycles. The van der Waals surface area contributed by atoms with Crippen molar-refractivity contribution in [1.82, 2.24) is 9.69 Å². The quantitative estimate of drug-likeness (QED) is 0.804. The van der Waals surface area contributed by atoms with Crippen molar-refractivity contribution < 1.29 is 9.90 Å². The molecule has 0 bridgehead atoms. The van der Waals surface area contributed by atoms with E-state index in [2.05, 4.69) is 9.69 Å². The molecule has 1 aromatic rings. The molecule has 1 heterocycles. The summed E-state index contributed by atoms with van der Waals surface area (Å²) < 4.78 is 3.49. The summed E-state index contributed by atoms with van der Waals surface area (Å²) in [5.74, 6) is -0.385. The van der Waals surface area contributed by atoms with E-state index in [1.807, 2.05) is 13.8 Å². The third-order valence-electron chi connectivity index (χ3n) is 1.45. The molecule has 0 aliphatic heterocycles. The standard InChI is InChI=1S/C8H11N2O2S/c1-5(2)3-9-7(11)6-4-13-10-8(6)12/h4-5H,3H2,1-2H3,(H,9,11). The fraction of sp³-hybridized carbons (Fsp3) is 0.500. The van der Waals surface area contributed by atoms with Crippen molar-refractivity contribution >= 4 is 17.4 Å². The zero-order chi connectivity index (χ0) is 9.84. The van der Waals surface area contributed by atoms with Crippen LogP contribution in [0.5, 0.6) is 5.88 Å². The van der Waals surface area contributed by atoms with Gasteiger partial charge in [-0.2, -0.15) is 4.37 Å². The summed E-state index contributed by atoms with van der Waals surface area (Å²) in [5, 5.41) is 15.1. The molecular weight excluding hydrogens is 188 g/mol. The first-order valence-electron chi connectivity index (χ1n) is 4.01. The number of nitrogens with one attached hydrogen (secondary N) is 1. The van der Waals surface area contributed by atoms with Crippen molar-refractivity contribution in [3.05, 3.63) is 10.9 Å². The second-order valence-electron chi connectivity index (χ2n) is 3.14. The molecule has 0 atom stereocenters. The van der Waals surface area contributed by atoms with Gasteiger partial charge < -0.3 is 5.32 Å². The highest BCUT2D eigenvalue weighted by molar-refractivity contribution is 7.04. The van der Waals surface area contributed by atoms with Crippen LogP contribution < -0.4 is 5.32 Å². The second kappa shape index (κ2) is 4.23. The molecular formula is C8H11N2O2S. The third kappa shape index (κ3) is 2.69. The van der Waals surface area contributed by atoms with Gasteiger partial charge in [-0.3, -0.25) is 9.90 Å². The van der Waals surface area contributed by atoms with Crippen molar-refractivity contribution in [2.75, 3.05) is 6.54 Å². The van der Waals surface area contributed by atoms with Crippen LogP contribution in [-0.2, 0) is 5.11 Å². The number of carbonyl (C=O) groups is 1. The van der Waals surface area contributed by atoms with Gasteiger partial charge in [0.2, 0.25) is 0 Å². The van der Waals surface area contributed by atoms with Gasteiger partial charge in [0.25, 0.3) is 11.8 Å². The predicted molar refractivity (Wildman–Crippen MR) is 49.4 cm³/mol. The number of amides is 1. The Morgan fingerprint density at radius 1 is 1.69 bits per heavy atom. The zero-order valence-corrected chi connectivity index (χ0v) is 8.35. The zero-order valence-electron chi connectivity index (χ0n) is 7.53. The fourth-order valence-electron chi connectivity index (χ4n) is 0.769. The van der Waals surface area contributed by atoms with Crippen molar-refractivity contribution in [3.8, 4) is 5.88 Å². The van der Waals surface area contributed by atoms with Gasteiger partial charge in [0.15, 0.2) is 0 Å². The van der Waals surface area contributed by atoms with Crippen LogP contribution in [0.1, 0.15) is 24.2 Å². The summed E-state index contributed by atoms with van der Waals surface area (Å²) in [6, 6.07) is 0. The summed E-state index contributed by atoms with van der Waals surface area (Å²) in [5.41, 5.74) is 0.144. The molecule has 0 saturated heterocycles. The summed E-state index contributed by atoms with van der Waals surface area (Å²) in [4.78, 5) is 11.3. The fourth-order valence-corrected chi connectivity index (χ4v) is 1.33. The molecule has 1 amide bonds. The van der Waals surface area contributed by atoms with E-state index >= 15 is 0 Å². The summed E-state index contributed by atoms with van der Waals surface area (Å²) in [6.07, 6.45) is 0. The molecule has 0 saturated carbocycles. The molecule has 0 aliphatic rings. The van der Waals surface area contributed by atoms with Gasteiger partial charge >= 0.3 is 0 Å². The van der Waals surface area contributed by atoms with E-state index in [1.165, 1.54) is 5.38 Å². The van der Waals surface area contributed by atoms with Gasteiger partial charge in [0.05, 0.1) is 0 Å². The van der Waals surface area contributed by atoms with E-state index in [0.717, 1.165) is 11.5 Å². The Bertz CT molecular complexity index is 296. The number of hydrogen-bond acceptors (Lipinski definition) is 3. The maximum absolute atomic E-state index is 11.3. The maximum Gasteiger partial charge on any atom is 0.293 e. The van der Waals surface area contributed by atoms with Crippen LogP contribution in [0.4, 0.5) is 0 Å². The van der Waals surface area contributed by atoms with E-state index < -0.39 is 5.88 Å². The largest absolute Gasteiger partial charge is 0.352 e. The second-order valence-corrected chi connectivity index (χ2v) is 3.77. The number of nitrogens with zero attached hydrogens (tertiary/aromatic N) is 1. The summed E-state index contributed by atoms with van der Waals surface area (Å²) in [6.45, 7) is 4.56. The van der Waals surface area contributed by atoms with Crippen LogP contribution in [0, 0.1) is 5.92 Å².